The van der Waals surface area contributed by atoms with Crippen LogP contribution in [-0.2, 0) is 10.2 Å². The second-order valence-corrected chi connectivity index (χ2v) is 5.79. The Bertz CT molecular complexity index is 378. The average Bonchev–Trinajstić information content (AvgIpc) is 2.37. The second-order valence-electron chi connectivity index (χ2n) is 5.79. The standard InChI is InChI=1S/C15H23NO2/c1-15(2,3)12-5-4-6-13(9-12)18-11-14-10-16-7-8-17-14/h4-6,9,14,16H,7-8,10-11H2,1-3H3. The molecule has 0 amide bonds. The molecule has 0 spiro atoms. The van der Waals surface area contributed by atoms with Gasteiger partial charge in [0.1, 0.15) is 18.5 Å². The van der Waals surface area contributed by atoms with Crippen molar-refractivity contribution in [3.05, 3.63) is 29.8 Å². The minimum absolute atomic E-state index is 0.155. The molecule has 1 atom stereocenters. The van der Waals surface area contributed by atoms with Gasteiger partial charge in [-0.2, -0.15) is 0 Å². The highest BCUT2D eigenvalue weighted by atomic mass is 16.5. The van der Waals surface area contributed by atoms with Crippen molar-refractivity contribution in [1.82, 2.24) is 5.32 Å². The van der Waals surface area contributed by atoms with Crippen LogP contribution in [0, 0.1) is 0 Å². The first-order valence-corrected chi connectivity index (χ1v) is 6.61. The fraction of sp³-hybridized carbons (Fsp3) is 0.600. The van der Waals surface area contributed by atoms with Crippen molar-refractivity contribution in [3.63, 3.8) is 0 Å². The van der Waals surface area contributed by atoms with Gasteiger partial charge in [-0.1, -0.05) is 32.9 Å². The Balaban J connectivity index is 1.92. The van der Waals surface area contributed by atoms with Crippen LogP contribution >= 0.6 is 0 Å². The van der Waals surface area contributed by atoms with Crippen molar-refractivity contribution in [2.45, 2.75) is 32.3 Å². The summed E-state index contributed by atoms with van der Waals surface area (Å²) in [6, 6.07) is 8.32. The first-order chi connectivity index (χ1) is 8.55. The zero-order chi connectivity index (χ0) is 13.0. The van der Waals surface area contributed by atoms with Gasteiger partial charge >= 0.3 is 0 Å². The topological polar surface area (TPSA) is 30.5 Å². The highest BCUT2D eigenvalue weighted by Crippen LogP contribution is 2.25. The molecule has 1 aliphatic heterocycles. The molecule has 0 bridgehead atoms. The Morgan fingerprint density at radius 3 is 2.89 bits per heavy atom. The van der Waals surface area contributed by atoms with Crippen molar-refractivity contribution >= 4 is 0 Å². The van der Waals surface area contributed by atoms with E-state index in [-0.39, 0.29) is 11.5 Å². The fourth-order valence-corrected chi connectivity index (χ4v) is 1.97. The molecule has 1 aliphatic rings. The van der Waals surface area contributed by atoms with Gasteiger partial charge in [-0.05, 0) is 23.1 Å². The number of hydrogen-bond acceptors (Lipinski definition) is 3. The SMILES string of the molecule is CC(C)(C)c1cccc(OCC2CNCCO2)c1. The third-order valence-corrected chi connectivity index (χ3v) is 3.14. The molecule has 0 saturated carbocycles. The molecule has 1 unspecified atom stereocenters. The highest BCUT2D eigenvalue weighted by Gasteiger charge is 2.16. The predicted molar refractivity (Wildman–Crippen MR) is 73.2 cm³/mol. The van der Waals surface area contributed by atoms with Crippen molar-refractivity contribution in [2.24, 2.45) is 0 Å². The Labute approximate surface area is 109 Å². The molecule has 0 radical (unpaired) electrons. The van der Waals surface area contributed by atoms with E-state index in [0.717, 1.165) is 25.4 Å². The van der Waals surface area contributed by atoms with E-state index >= 15 is 0 Å². The minimum atomic E-state index is 0.155. The van der Waals surface area contributed by atoms with Gasteiger partial charge in [0.2, 0.25) is 0 Å². The molecule has 100 valence electrons. The summed E-state index contributed by atoms with van der Waals surface area (Å²) in [5, 5.41) is 3.30. The summed E-state index contributed by atoms with van der Waals surface area (Å²) in [6.45, 7) is 9.83. The van der Waals surface area contributed by atoms with E-state index in [1.165, 1.54) is 5.56 Å². The first kappa shape index (κ1) is 13.4. The largest absolute Gasteiger partial charge is 0.491 e. The Kier molecular flexibility index (Phi) is 4.25. The van der Waals surface area contributed by atoms with Gasteiger partial charge < -0.3 is 14.8 Å². The van der Waals surface area contributed by atoms with E-state index in [0.29, 0.717) is 6.61 Å². The lowest BCUT2D eigenvalue weighted by Crippen LogP contribution is -2.41. The molecule has 1 saturated heterocycles. The second kappa shape index (κ2) is 5.72. The lowest BCUT2D eigenvalue weighted by atomic mass is 9.87. The smallest absolute Gasteiger partial charge is 0.119 e. The van der Waals surface area contributed by atoms with E-state index < -0.39 is 0 Å². The van der Waals surface area contributed by atoms with Gasteiger partial charge in [0.25, 0.3) is 0 Å². The third kappa shape index (κ3) is 3.72. The lowest BCUT2D eigenvalue weighted by molar-refractivity contribution is 0.000170. The molecule has 18 heavy (non-hydrogen) atoms. The van der Waals surface area contributed by atoms with Gasteiger partial charge in [0, 0.05) is 13.1 Å². The molecule has 0 aliphatic carbocycles. The van der Waals surface area contributed by atoms with Crippen LogP contribution in [0.25, 0.3) is 0 Å². The summed E-state index contributed by atoms with van der Waals surface area (Å²) in [6.07, 6.45) is 0.164. The third-order valence-electron chi connectivity index (χ3n) is 3.14. The van der Waals surface area contributed by atoms with Crippen LogP contribution < -0.4 is 10.1 Å². The maximum atomic E-state index is 5.82. The number of morpholine rings is 1. The highest BCUT2D eigenvalue weighted by molar-refractivity contribution is 5.32. The van der Waals surface area contributed by atoms with Crippen LogP contribution in [0.3, 0.4) is 0 Å². The summed E-state index contributed by atoms with van der Waals surface area (Å²) in [4.78, 5) is 0. The molecule has 1 N–H and O–H groups in total. The van der Waals surface area contributed by atoms with Gasteiger partial charge in [-0.25, -0.2) is 0 Å². The molecular formula is C15H23NO2. The average molecular weight is 249 g/mol. The van der Waals surface area contributed by atoms with Crippen molar-refractivity contribution < 1.29 is 9.47 Å². The summed E-state index contributed by atoms with van der Waals surface area (Å²) < 4.78 is 11.4. The van der Waals surface area contributed by atoms with Crippen LogP contribution in [0.1, 0.15) is 26.3 Å². The Morgan fingerprint density at radius 2 is 2.22 bits per heavy atom. The van der Waals surface area contributed by atoms with Crippen molar-refractivity contribution in [3.8, 4) is 5.75 Å². The van der Waals surface area contributed by atoms with Crippen LogP contribution in [0.2, 0.25) is 0 Å². The Morgan fingerprint density at radius 1 is 1.39 bits per heavy atom. The number of ether oxygens (including phenoxy) is 2. The molecular weight excluding hydrogens is 226 g/mol. The lowest BCUT2D eigenvalue weighted by Gasteiger charge is -2.24. The van der Waals surface area contributed by atoms with Crippen LogP contribution in [-0.4, -0.2) is 32.4 Å². The van der Waals surface area contributed by atoms with E-state index in [1.807, 2.05) is 6.07 Å². The fourth-order valence-electron chi connectivity index (χ4n) is 1.97. The van der Waals surface area contributed by atoms with Crippen LogP contribution in [0.4, 0.5) is 0 Å². The molecule has 2 rings (SSSR count). The number of hydrogen-bond donors (Lipinski definition) is 1. The van der Waals surface area contributed by atoms with Crippen molar-refractivity contribution in [1.29, 1.82) is 0 Å². The summed E-state index contributed by atoms with van der Waals surface area (Å²) in [5.41, 5.74) is 1.45. The number of rotatable bonds is 3. The molecule has 1 heterocycles. The van der Waals surface area contributed by atoms with E-state index in [9.17, 15) is 0 Å². The molecule has 3 nitrogen and oxygen atoms in total. The van der Waals surface area contributed by atoms with Crippen LogP contribution in [0.5, 0.6) is 5.75 Å². The zero-order valence-corrected chi connectivity index (χ0v) is 11.5. The normalized spacial score (nSPS) is 20.7. The van der Waals surface area contributed by atoms with Gasteiger partial charge in [0.15, 0.2) is 0 Å². The predicted octanol–water partition coefficient (Wildman–Crippen LogP) is 2.35. The molecule has 0 aromatic heterocycles. The molecule has 3 heteroatoms. The minimum Gasteiger partial charge on any atom is -0.491 e. The maximum Gasteiger partial charge on any atom is 0.119 e. The summed E-state index contributed by atoms with van der Waals surface area (Å²) in [7, 11) is 0. The van der Waals surface area contributed by atoms with Gasteiger partial charge in [-0.3, -0.25) is 0 Å². The van der Waals surface area contributed by atoms with E-state index in [2.05, 4.69) is 44.3 Å². The Hall–Kier alpha value is -1.06. The summed E-state index contributed by atoms with van der Waals surface area (Å²) >= 11 is 0. The zero-order valence-electron chi connectivity index (χ0n) is 11.5. The monoisotopic (exact) mass is 249 g/mol. The van der Waals surface area contributed by atoms with Crippen LogP contribution in [0.15, 0.2) is 24.3 Å². The van der Waals surface area contributed by atoms with E-state index in [4.69, 9.17) is 9.47 Å². The summed E-state index contributed by atoms with van der Waals surface area (Å²) in [5.74, 6) is 0.927. The molecule has 1 fully saturated rings. The maximum absolute atomic E-state index is 5.82. The first-order valence-electron chi connectivity index (χ1n) is 6.61. The number of benzene rings is 1. The number of nitrogens with one attached hydrogen (secondary N) is 1. The quantitative estimate of drug-likeness (QED) is 0.892. The molecule has 1 aromatic rings. The van der Waals surface area contributed by atoms with E-state index in [1.54, 1.807) is 0 Å². The van der Waals surface area contributed by atoms with Gasteiger partial charge in [-0.15, -0.1) is 0 Å². The molecule has 1 aromatic carbocycles. The van der Waals surface area contributed by atoms with Crippen molar-refractivity contribution in [2.75, 3.05) is 26.3 Å². The van der Waals surface area contributed by atoms with Gasteiger partial charge in [0.05, 0.1) is 6.61 Å².